The van der Waals surface area contributed by atoms with Crippen LogP contribution in [0.3, 0.4) is 0 Å². The quantitative estimate of drug-likeness (QED) is 0.0484. The summed E-state index contributed by atoms with van der Waals surface area (Å²) in [5.41, 5.74) is 0. The molecule has 4 nitrogen and oxygen atoms in total. The molecule has 0 aromatic rings. The van der Waals surface area contributed by atoms with Crippen molar-refractivity contribution in [1.82, 2.24) is 14.4 Å². The zero-order chi connectivity index (χ0) is 37.8. The van der Waals surface area contributed by atoms with Gasteiger partial charge in [0.25, 0.3) is 0 Å². The predicted octanol–water partition coefficient (Wildman–Crippen LogP) is 9.01. The van der Waals surface area contributed by atoms with Crippen molar-refractivity contribution in [3.05, 3.63) is 0 Å². The number of hydrogen-bond acceptors (Lipinski definition) is 3. The van der Waals surface area contributed by atoms with Gasteiger partial charge in [0.15, 0.2) is 0 Å². The Labute approximate surface area is 358 Å². The number of halogens is 3. The number of alkyl halides is 2. The molecule has 0 amide bonds. The fourth-order valence-corrected chi connectivity index (χ4v) is 9.19. The second kappa shape index (κ2) is 63.9. The fourth-order valence-electron chi connectivity index (χ4n) is 3.98. The van der Waals surface area contributed by atoms with E-state index in [1.165, 1.54) is 115 Å². The van der Waals surface area contributed by atoms with Gasteiger partial charge in [0, 0.05) is 24.8 Å². The monoisotopic (exact) mass is 861 g/mol. The molecule has 0 aliphatic rings. The third kappa shape index (κ3) is 79.7. The van der Waals surface area contributed by atoms with E-state index in [4.69, 9.17) is 23.2 Å². The Morgan fingerprint density at radius 2 is 0.740 bits per heavy atom. The summed E-state index contributed by atoms with van der Waals surface area (Å²) in [4.78, 5) is 0. The van der Waals surface area contributed by atoms with Gasteiger partial charge in [-0.25, -0.2) is 0 Å². The number of nitrogens with one attached hydrogen (secondary N) is 1. The third-order valence-corrected chi connectivity index (χ3v) is 12.9. The molecule has 0 spiro atoms. The Kier molecular flexibility index (Phi) is 94.7. The molecule has 0 fully saturated rings. The molecule has 0 aliphatic heterocycles. The van der Waals surface area contributed by atoms with Gasteiger partial charge in [0.05, 0.1) is 0 Å². The molecule has 0 aromatic heterocycles. The van der Waals surface area contributed by atoms with Crippen molar-refractivity contribution >= 4 is 86.3 Å². The van der Waals surface area contributed by atoms with Crippen molar-refractivity contribution in [3.8, 4) is 0 Å². The molecule has 0 heterocycles. The summed E-state index contributed by atoms with van der Waals surface area (Å²) in [5, 5.41) is 3.26. The molecular formula is C37H97Cl3LiN3OP3Si2-3. The van der Waals surface area contributed by atoms with Gasteiger partial charge in [-0.15, -0.1) is 50.9 Å². The summed E-state index contributed by atoms with van der Waals surface area (Å²) in [7, 11) is 6.11. The van der Waals surface area contributed by atoms with Gasteiger partial charge in [0.1, 0.15) is 16.5 Å². The molecule has 3 unspecified atom stereocenters. The van der Waals surface area contributed by atoms with Crippen LogP contribution in [0.2, 0.25) is 39.3 Å². The van der Waals surface area contributed by atoms with Gasteiger partial charge in [0.2, 0.25) is 0 Å². The maximum absolute atomic E-state index is 5.68. The number of hydrogen-bond donors (Lipinski definition) is 1. The molecule has 314 valence electrons. The second-order valence-electron chi connectivity index (χ2n) is 13.9. The predicted molar refractivity (Wildman–Crippen MR) is 258 cm³/mol. The molecule has 13 heteroatoms. The first-order chi connectivity index (χ1) is 22.2. The van der Waals surface area contributed by atoms with Gasteiger partial charge < -0.3 is 52.6 Å². The van der Waals surface area contributed by atoms with Crippen LogP contribution in [0, 0.1) is 0 Å². The van der Waals surface area contributed by atoms with E-state index >= 15 is 0 Å². The summed E-state index contributed by atoms with van der Waals surface area (Å²) in [6.07, 6.45) is 21.4. The average Bonchev–Trinajstić information content (AvgIpc) is 3.02. The van der Waals surface area contributed by atoms with Crippen LogP contribution < -0.4 is 17.7 Å². The van der Waals surface area contributed by atoms with Gasteiger partial charge in [-0.1, -0.05) is 165 Å². The van der Waals surface area contributed by atoms with Crippen molar-refractivity contribution < 1.29 is 19.3 Å². The van der Waals surface area contributed by atoms with Gasteiger partial charge >= 0.3 is 0 Å². The van der Waals surface area contributed by atoms with E-state index in [1.54, 1.807) is 0 Å². The van der Waals surface area contributed by atoms with Crippen LogP contribution in [0.1, 0.15) is 133 Å². The SMILES string of the molecule is CCCCCC.CCCCCC.CCCCCC.CCCNCCP.C[Si](C)(C)N(CCCl)CCCl.C[Si](C)(C)N(CCP)CCP.O.[Cl-].[H-].[Li-]. The summed E-state index contributed by atoms with van der Waals surface area (Å²) < 4.78 is 5.07. The van der Waals surface area contributed by atoms with Gasteiger partial charge in [-0.2, -0.15) is 0 Å². The van der Waals surface area contributed by atoms with Gasteiger partial charge in [-0.3, -0.25) is 0 Å². The summed E-state index contributed by atoms with van der Waals surface area (Å²) >= 11 is 11.4. The maximum atomic E-state index is 5.68. The van der Waals surface area contributed by atoms with Crippen molar-refractivity contribution in [2.24, 2.45) is 0 Å². The van der Waals surface area contributed by atoms with Crippen LogP contribution in [0.4, 0.5) is 0 Å². The van der Waals surface area contributed by atoms with Crippen molar-refractivity contribution in [2.75, 3.05) is 69.5 Å². The van der Waals surface area contributed by atoms with E-state index in [0.717, 1.165) is 26.2 Å². The second-order valence-corrected chi connectivity index (χ2v) is 26.4. The Morgan fingerprint density at radius 3 is 0.900 bits per heavy atom. The van der Waals surface area contributed by atoms with E-state index in [0.29, 0.717) is 11.8 Å². The number of unbranched alkanes of at least 4 members (excludes halogenated alkanes) is 9. The van der Waals surface area contributed by atoms with Crippen molar-refractivity contribution in [2.45, 2.75) is 171 Å². The number of nitrogens with zero attached hydrogens (tertiary/aromatic N) is 2. The van der Waals surface area contributed by atoms with Crippen LogP contribution in [-0.4, -0.2) is 119 Å². The summed E-state index contributed by atoms with van der Waals surface area (Å²) in [5.74, 6) is 1.42. The molecule has 0 saturated carbocycles. The average molecular weight is 863 g/mol. The Balaban J connectivity index is -0.0000000497. The van der Waals surface area contributed by atoms with E-state index in [1.807, 2.05) is 0 Å². The zero-order valence-corrected chi connectivity index (χ0v) is 44.5. The van der Waals surface area contributed by atoms with Crippen LogP contribution in [0.15, 0.2) is 0 Å². The van der Waals surface area contributed by atoms with Crippen LogP contribution in [-0.2, 0) is 0 Å². The molecular weight excluding hydrogens is 765 g/mol. The molecule has 2 radical (unpaired) electrons. The van der Waals surface area contributed by atoms with E-state index in [9.17, 15) is 0 Å². The first kappa shape index (κ1) is 74.1. The van der Waals surface area contributed by atoms with Crippen LogP contribution >= 0.6 is 50.9 Å². The minimum absolute atomic E-state index is 0. The smallest absolute Gasteiger partial charge is 0.119 e. The zero-order valence-electron chi connectivity index (χ0n) is 37.7. The molecule has 0 bridgehead atoms. The number of rotatable bonds is 23. The molecule has 3 atom stereocenters. The maximum Gasteiger partial charge on any atom is 0.119 e. The van der Waals surface area contributed by atoms with Crippen LogP contribution in [0.5, 0.6) is 0 Å². The van der Waals surface area contributed by atoms with E-state index in [2.05, 4.69) is 130 Å². The molecule has 0 saturated heterocycles. The molecule has 3 N–H and O–H groups in total. The molecule has 0 aliphatic carbocycles. The van der Waals surface area contributed by atoms with Crippen molar-refractivity contribution in [3.63, 3.8) is 0 Å². The normalized spacial score (nSPS) is 10.1. The van der Waals surface area contributed by atoms with E-state index < -0.39 is 16.5 Å². The topological polar surface area (TPSA) is 50.0 Å². The van der Waals surface area contributed by atoms with Crippen molar-refractivity contribution in [1.29, 1.82) is 0 Å². The summed E-state index contributed by atoms with van der Waals surface area (Å²) in [6, 6.07) is 0. The molecule has 0 aromatic carbocycles. The minimum Gasteiger partial charge on any atom is -1.00 e. The minimum atomic E-state index is -1.16. The fraction of sp³-hybridized carbons (Fsp3) is 1.00. The Morgan fingerprint density at radius 1 is 0.480 bits per heavy atom. The van der Waals surface area contributed by atoms with E-state index in [-0.39, 0.29) is 38.2 Å². The van der Waals surface area contributed by atoms with Gasteiger partial charge in [-0.05, 0) is 51.1 Å². The largest absolute Gasteiger partial charge is 1.00 e. The first-order valence-electron chi connectivity index (χ1n) is 19.6. The standard InChI is InChI=1S/C7H17Cl2NSi.C7H21NP2Si.3C6H14.C5H14NP.ClH.Li.H2O.H/c1-11(2,3)10(6-4-8)7-5-9;1-11(2,3)8(4-6-9)5-7-10;3*1-3-5-6-4-2;1-2-3-6-4-5-7;;;;/h4-7H2,1-3H3;4-7,9-10H2,1-3H3;3*3-6H2,1-2H3;6H,2-5,7H2,1H3;1H;;1H2;/q;;;;;;;-1;;-1/p-1. The molecule has 0 rings (SSSR count). The molecule has 50 heavy (non-hydrogen) atoms. The van der Waals surface area contributed by atoms with Crippen LogP contribution in [0.25, 0.3) is 0 Å². The third-order valence-electron chi connectivity index (χ3n) is 7.02. The Bertz CT molecular complexity index is 455. The summed E-state index contributed by atoms with van der Waals surface area (Å²) in [6.45, 7) is 36.5. The Hall–Kier alpha value is 3.03. The first-order valence-corrected chi connectivity index (χ1v) is 30.0.